The van der Waals surface area contributed by atoms with Crippen LogP contribution < -0.4 is 4.18 Å². The Balaban J connectivity index is 2.00. The lowest BCUT2D eigenvalue weighted by atomic mass is 9.84. The SMILES string of the molecule is COSC(F)(F)C(P)(P)C(F)(F)SOc1ccc(C2CCCCC2)cc1. The Kier molecular flexibility index (Phi) is 7.95. The molecule has 1 aliphatic carbocycles. The Hall–Kier alpha value is 0.260. The second-order valence-electron chi connectivity index (χ2n) is 6.22. The molecule has 2 nitrogen and oxygen atoms in total. The summed E-state index contributed by atoms with van der Waals surface area (Å²) in [5.74, 6) is 0.686. The standard InChI is InChI=1S/C16H22F4O2P2S2/c1-21-25-15(17,18)14(23,24)16(19,20)26-22-13-9-7-12(8-10-13)11-5-3-2-4-6-11/h7-11H,2-6,23-24H2,1H3. The normalized spacial score (nSPS) is 17.3. The maximum atomic E-state index is 14.3. The molecule has 26 heavy (non-hydrogen) atoms. The molecular formula is C16H22F4O2P2S2. The average molecular weight is 448 g/mol. The third-order valence-corrected chi connectivity index (χ3v) is 8.17. The molecule has 2 unspecified atom stereocenters. The van der Waals surface area contributed by atoms with Crippen molar-refractivity contribution in [2.45, 2.75) is 53.4 Å². The molecule has 0 bridgehead atoms. The van der Waals surface area contributed by atoms with Gasteiger partial charge in [0.1, 0.15) is 17.8 Å². The van der Waals surface area contributed by atoms with Gasteiger partial charge in [0.2, 0.25) is 0 Å². The number of hydrogen-bond donors (Lipinski definition) is 0. The first-order valence-corrected chi connectivity index (χ1v) is 10.8. The second kappa shape index (κ2) is 9.17. The van der Waals surface area contributed by atoms with Gasteiger partial charge in [0.25, 0.3) is 0 Å². The van der Waals surface area contributed by atoms with Crippen LogP contribution in [-0.2, 0) is 4.18 Å². The van der Waals surface area contributed by atoms with E-state index in [9.17, 15) is 17.6 Å². The molecule has 0 heterocycles. The van der Waals surface area contributed by atoms with E-state index in [2.05, 4.69) is 4.18 Å². The highest BCUT2D eigenvalue weighted by Gasteiger charge is 2.65. The van der Waals surface area contributed by atoms with E-state index in [0.29, 0.717) is 5.92 Å². The highest BCUT2D eigenvalue weighted by molar-refractivity contribution is 7.98. The minimum absolute atomic E-state index is 0.197. The Morgan fingerprint density at radius 1 is 0.923 bits per heavy atom. The monoisotopic (exact) mass is 448 g/mol. The molecule has 10 heteroatoms. The Morgan fingerprint density at radius 2 is 1.46 bits per heavy atom. The van der Waals surface area contributed by atoms with Gasteiger partial charge < -0.3 is 8.37 Å². The van der Waals surface area contributed by atoms with Gasteiger partial charge in [-0.2, -0.15) is 17.6 Å². The minimum atomic E-state index is -3.90. The number of benzene rings is 1. The lowest BCUT2D eigenvalue weighted by Crippen LogP contribution is -2.48. The molecule has 1 fully saturated rings. The van der Waals surface area contributed by atoms with E-state index in [1.807, 2.05) is 12.1 Å². The van der Waals surface area contributed by atoms with Gasteiger partial charge in [-0.3, -0.25) is 0 Å². The summed E-state index contributed by atoms with van der Waals surface area (Å²) in [7, 11) is 4.00. The predicted octanol–water partition coefficient (Wildman–Crippen LogP) is 6.69. The number of hydrogen-bond acceptors (Lipinski definition) is 4. The topological polar surface area (TPSA) is 18.5 Å². The molecule has 0 radical (unpaired) electrons. The fourth-order valence-corrected chi connectivity index (χ4v) is 4.44. The van der Waals surface area contributed by atoms with Crippen LogP contribution >= 0.6 is 42.6 Å². The van der Waals surface area contributed by atoms with Crippen LogP contribution in [0.15, 0.2) is 24.3 Å². The first-order chi connectivity index (χ1) is 12.1. The molecule has 1 aromatic carbocycles. The number of halogens is 4. The van der Waals surface area contributed by atoms with E-state index in [1.165, 1.54) is 37.7 Å². The Labute approximate surface area is 164 Å². The molecule has 1 saturated carbocycles. The van der Waals surface area contributed by atoms with Crippen LogP contribution in [0, 0.1) is 0 Å². The zero-order valence-corrected chi connectivity index (χ0v) is 18.2. The fourth-order valence-electron chi connectivity index (χ4n) is 2.74. The number of rotatable bonds is 8. The zero-order chi connectivity index (χ0) is 19.4. The first kappa shape index (κ1) is 22.5. The zero-order valence-electron chi connectivity index (χ0n) is 14.2. The van der Waals surface area contributed by atoms with Crippen LogP contribution in [0.3, 0.4) is 0 Å². The third-order valence-electron chi connectivity index (χ3n) is 4.35. The summed E-state index contributed by atoms with van der Waals surface area (Å²) in [6.45, 7) is 0. The van der Waals surface area contributed by atoms with Crippen molar-refractivity contribution in [2.75, 3.05) is 7.11 Å². The lowest BCUT2D eigenvalue weighted by molar-refractivity contribution is -0.0152. The van der Waals surface area contributed by atoms with Gasteiger partial charge in [0.15, 0.2) is 4.90 Å². The molecule has 2 rings (SSSR count). The summed E-state index contributed by atoms with van der Waals surface area (Å²) in [5, 5.41) is -7.76. The van der Waals surface area contributed by atoms with E-state index in [1.54, 1.807) is 12.1 Å². The van der Waals surface area contributed by atoms with Crippen LogP contribution in [0.25, 0.3) is 0 Å². The van der Waals surface area contributed by atoms with Crippen molar-refractivity contribution in [3.63, 3.8) is 0 Å². The van der Waals surface area contributed by atoms with Crippen molar-refractivity contribution in [3.8, 4) is 5.75 Å². The average Bonchev–Trinajstić information content (AvgIpc) is 2.61. The molecule has 2 atom stereocenters. The summed E-state index contributed by atoms with van der Waals surface area (Å²) < 4.78 is 65.8. The van der Waals surface area contributed by atoms with E-state index < -0.39 is 15.4 Å². The van der Waals surface area contributed by atoms with Crippen molar-refractivity contribution in [2.24, 2.45) is 0 Å². The summed E-state index contributed by atoms with van der Waals surface area (Å²) in [6.07, 6.45) is 5.90. The first-order valence-electron chi connectivity index (χ1n) is 8.11. The van der Waals surface area contributed by atoms with Crippen LogP contribution in [0.5, 0.6) is 5.75 Å². The van der Waals surface area contributed by atoms with Crippen molar-refractivity contribution in [1.29, 1.82) is 0 Å². The second-order valence-corrected chi connectivity index (χ2v) is 10.6. The van der Waals surface area contributed by atoms with Crippen LogP contribution in [-0.4, -0.2) is 22.5 Å². The quantitative estimate of drug-likeness (QED) is 0.251. The minimum Gasteiger partial charge on any atom is -0.420 e. The summed E-state index contributed by atoms with van der Waals surface area (Å²) in [6, 6.07) is 6.91. The maximum Gasteiger partial charge on any atom is 0.347 e. The summed E-state index contributed by atoms with van der Waals surface area (Å²) in [4.78, 5) is -2.84. The molecule has 0 aromatic heterocycles. The molecule has 0 N–H and O–H groups in total. The smallest absolute Gasteiger partial charge is 0.347 e. The van der Waals surface area contributed by atoms with Gasteiger partial charge in [-0.05, 0) is 36.5 Å². The Bertz CT molecular complexity index is 582. The largest absolute Gasteiger partial charge is 0.420 e. The van der Waals surface area contributed by atoms with E-state index in [-0.39, 0.29) is 29.8 Å². The molecule has 1 aromatic rings. The number of alkyl halides is 4. The van der Waals surface area contributed by atoms with Crippen molar-refractivity contribution < 1.29 is 25.9 Å². The van der Waals surface area contributed by atoms with Gasteiger partial charge in [0, 0.05) is 0 Å². The lowest BCUT2D eigenvalue weighted by Gasteiger charge is -2.36. The van der Waals surface area contributed by atoms with Gasteiger partial charge in [-0.15, -0.1) is 18.5 Å². The predicted molar refractivity (Wildman–Crippen MR) is 107 cm³/mol. The van der Waals surface area contributed by atoms with Crippen molar-refractivity contribution in [1.82, 2.24) is 0 Å². The molecule has 0 saturated heterocycles. The van der Waals surface area contributed by atoms with Crippen LogP contribution in [0.1, 0.15) is 43.6 Å². The van der Waals surface area contributed by atoms with Crippen LogP contribution in [0.2, 0.25) is 0 Å². The molecule has 0 spiro atoms. The summed E-state index contributed by atoms with van der Waals surface area (Å²) in [5.41, 5.74) is 1.16. The third kappa shape index (κ3) is 5.20. The van der Waals surface area contributed by atoms with Gasteiger partial charge in [0.05, 0.1) is 19.2 Å². The van der Waals surface area contributed by atoms with E-state index in [4.69, 9.17) is 4.18 Å². The van der Waals surface area contributed by atoms with Gasteiger partial charge in [-0.1, -0.05) is 31.4 Å². The molecule has 1 aliphatic rings. The van der Waals surface area contributed by atoms with E-state index in [0.717, 1.165) is 25.5 Å². The molecular weight excluding hydrogens is 426 g/mol. The van der Waals surface area contributed by atoms with E-state index >= 15 is 0 Å². The highest BCUT2D eigenvalue weighted by atomic mass is 32.2. The summed E-state index contributed by atoms with van der Waals surface area (Å²) >= 11 is -0.608. The molecule has 0 aliphatic heterocycles. The Morgan fingerprint density at radius 3 is 2.00 bits per heavy atom. The van der Waals surface area contributed by atoms with Crippen LogP contribution in [0.4, 0.5) is 17.6 Å². The fraction of sp³-hybridized carbons (Fsp3) is 0.625. The maximum absolute atomic E-state index is 14.3. The highest BCUT2D eigenvalue weighted by Crippen LogP contribution is 2.60. The van der Waals surface area contributed by atoms with Crippen molar-refractivity contribution >= 4 is 42.6 Å². The molecule has 148 valence electrons. The van der Waals surface area contributed by atoms with Gasteiger partial charge >= 0.3 is 10.5 Å². The van der Waals surface area contributed by atoms with Crippen molar-refractivity contribution in [3.05, 3.63) is 29.8 Å². The molecule has 0 amide bonds. The van der Waals surface area contributed by atoms with Gasteiger partial charge in [-0.25, -0.2) is 0 Å².